The number of alkyl halides is 3. The van der Waals surface area contributed by atoms with Gasteiger partial charge in [0.1, 0.15) is 5.82 Å². The Balaban J connectivity index is 0.000000505. The van der Waals surface area contributed by atoms with Crippen LogP contribution in [0.1, 0.15) is 47.0 Å². The van der Waals surface area contributed by atoms with Gasteiger partial charge in [0.15, 0.2) is 0 Å². The Hall–Kier alpha value is -3.24. The summed E-state index contributed by atoms with van der Waals surface area (Å²) >= 11 is 1.37. The lowest BCUT2D eigenvalue weighted by Gasteiger charge is -2.25. The highest BCUT2D eigenvalue weighted by Gasteiger charge is 2.38. The summed E-state index contributed by atoms with van der Waals surface area (Å²) in [5.41, 5.74) is 3.96. The molecule has 1 aromatic heterocycles. The summed E-state index contributed by atoms with van der Waals surface area (Å²) in [5, 5.41) is 12.2. The summed E-state index contributed by atoms with van der Waals surface area (Å²) in [6.45, 7) is 4.99. The number of aliphatic carboxylic acids is 1. The van der Waals surface area contributed by atoms with Gasteiger partial charge in [0.25, 0.3) is 5.91 Å². The van der Waals surface area contributed by atoms with E-state index < -0.39 is 12.1 Å². The number of amides is 1. The number of nitrogens with one attached hydrogen (secondary N) is 1. The van der Waals surface area contributed by atoms with Crippen molar-refractivity contribution in [2.75, 3.05) is 13.1 Å². The molecule has 38 heavy (non-hydrogen) atoms. The van der Waals surface area contributed by atoms with Crippen LogP contribution in [0.15, 0.2) is 60.0 Å². The highest BCUT2D eigenvalue weighted by molar-refractivity contribution is 7.12. The Kier molecular flexibility index (Phi) is 10.4. The number of carboxylic acids is 1. The third-order valence-electron chi connectivity index (χ3n) is 6.18. The second kappa shape index (κ2) is 13.5. The van der Waals surface area contributed by atoms with Crippen LogP contribution in [-0.2, 0) is 17.8 Å². The van der Waals surface area contributed by atoms with Gasteiger partial charge in [-0.25, -0.2) is 9.18 Å². The topological polar surface area (TPSA) is 69.6 Å². The minimum atomic E-state index is -5.08. The highest BCUT2D eigenvalue weighted by atomic mass is 32.1. The maximum absolute atomic E-state index is 14.1. The van der Waals surface area contributed by atoms with Crippen molar-refractivity contribution in [2.45, 2.75) is 51.4 Å². The molecule has 5 nitrogen and oxygen atoms in total. The molecule has 2 N–H and O–H groups in total. The first-order chi connectivity index (χ1) is 18.1. The Morgan fingerprint density at radius 2 is 1.74 bits per heavy atom. The van der Waals surface area contributed by atoms with E-state index in [1.165, 1.54) is 28.5 Å². The molecular formula is C28H30F4N2O3S. The zero-order valence-electron chi connectivity index (χ0n) is 20.9. The molecule has 4 rings (SSSR count). The fourth-order valence-electron chi connectivity index (χ4n) is 4.17. The first kappa shape index (κ1) is 29.3. The first-order valence-corrected chi connectivity index (χ1v) is 13.2. The summed E-state index contributed by atoms with van der Waals surface area (Å²) in [6, 6.07) is 17.4. The fraction of sp³-hybridized carbons (Fsp3) is 0.357. The van der Waals surface area contributed by atoms with Gasteiger partial charge in [0.2, 0.25) is 0 Å². The monoisotopic (exact) mass is 550 g/mol. The lowest BCUT2D eigenvalue weighted by atomic mass is 10.1. The van der Waals surface area contributed by atoms with Gasteiger partial charge in [-0.1, -0.05) is 55.8 Å². The fourth-order valence-corrected chi connectivity index (χ4v) is 4.98. The number of hydrogen-bond donors (Lipinski definition) is 2. The molecule has 0 spiro atoms. The van der Waals surface area contributed by atoms with E-state index in [-0.39, 0.29) is 17.8 Å². The molecule has 0 saturated carbocycles. The molecule has 0 aliphatic carbocycles. The molecule has 1 aliphatic heterocycles. The zero-order valence-corrected chi connectivity index (χ0v) is 21.7. The van der Waals surface area contributed by atoms with Crippen LogP contribution in [0, 0.1) is 5.82 Å². The van der Waals surface area contributed by atoms with Gasteiger partial charge in [-0.05, 0) is 60.0 Å². The smallest absolute Gasteiger partial charge is 0.475 e. The number of carbonyl (C=O) groups is 2. The molecule has 1 fully saturated rings. The van der Waals surface area contributed by atoms with Gasteiger partial charge in [0, 0.05) is 24.7 Å². The summed E-state index contributed by atoms with van der Waals surface area (Å²) < 4.78 is 45.8. The van der Waals surface area contributed by atoms with Gasteiger partial charge in [-0.15, -0.1) is 11.3 Å². The van der Waals surface area contributed by atoms with E-state index in [1.807, 2.05) is 11.4 Å². The van der Waals surface area contributed by atoms with Crippen LogP contribution >= 0.6 is 11.3 Å². The summed E-state index contributed by atoms with van der Waals surface area (Å²) in [4.78, 5) is 24.8. The third kappa shape index (κ3) is 8.66. The van der Waals surface area contributed by atoms with Crippen molar-refractivity contribution in [3.8, 4) is 11.1 Å². The predicted molar refractivity (Wildman–Crippen MR) is 140 cm³/mol. The van der Waals surface area contributed by atoms with E-state index >= 15 is 0 Å². The Morgan fingerprint density at radius 1 is 1.08 bits per heavy atom. The molecule has 1 unspecified atom stereocenters. The van der Waals surface area contributed by atoms with Crippen molar-refractivity contribution in [1.29, 1.82) is 0 Å². The lowest BCUT2D eigenvalue weighted by molar-refractivity contribution is -0.192. The maximum Gasteiger partial charge on any atom is 0.490 e. The zero-order chi connectivity index (χ0) is 27.7. The number of likely N-dealkylation sites (tertiary alicyclic amines) is 1. The molecule has 204 valence electrons. The normalized spacial score (nSPS) is 16.2. The van der Waals surface area contributed by atoms with Crippen LogP contribution in [0.4, 0.5) is 17.6 Å². The van der Waals surface area contributed by atoms with Crippen molar-refractivity contribution in [1.82, 2.24) is 10.2 Å². The molecule has 10 heteroatoms. The molecule has 2 heterocycles. The van der Waals surface area contributed by atoms with E-state index in [1.54, 1.807) is 18.2 Å². The van der Waals surface area contributed by atoms with Gasteiger partial charge in [-0.3, -0.25) is 9.69 Å². The van der Waals surface area contributed by atoms with Crippen molar-refractivity contribution >= 4 is 23.2 Å². The molecule has 1 aliphatic rings. The number of rotatable bonds is 6. The minimum Gasteiger partial charge on any atom is -0.475 e. The van der Waals surface area contributed by atoms with Gasteiger partial charge in [-0.2, -0.15) is 13.2 Å². The number of thiophene rings is 1. The van der Waals surface area contributed by atoms with E-state index in [2.05, 4.69) is 41.4 Å². The first-order valence-electron chi connectivity index (χ1n) is 12.3. The number of benzene rings is 2. The van der Waals surface area contributed by atoms with Crippen molar-refractivity contribution in [3.63, 3.8) is 0 Å². The highest BCUT2D eigenvalue weighted by Crippen LogP contribution is 2.28. The minimum absolute atomic E-state index is 0.0632. The summed E-state index contributed by atoms with van der Waals surface area (Å²) in [6.07, 6.45) is -0.779. The molecule has 2 aromatic carbocycles. The van der Waals surface area contributed by atoms with Crippen LogP contribution in [0.3, 0.4) is 0 Å². The summed E-state index contributed by atoms with van der Waals surface area (Å²) in [5.74, 6) is -3.09. The largest absolute Gasteiger partial charge is 0.490 e. The van der Waals surface area contributed by atoms with Crippen LogP contribution in [0.5, 0.6) is 0 Å². The number of carbonyl (C=O) groups excluding carboxylic acids is 1. The third-order valence-corrected chi connectivity index (χ3v) is 7.11. The number of aryl methyl sites for hydroxylation is 1. The van der Waals surface area contributed by atoms with E-state index in [4.69, 9.17) is 9.90 Å². The molecular weight excluding hydrogens is 520 g/mol. The van der Waals surface area contributed by atoms with Crippen molar-refractivity contribution in [2.24, 2.45) is 0 Å². The summed E-state index contributed by atoms with van der Waals surface area (Å²) in [7, 11) is 0. The van der Waals surface area contributed by atoms with Crippen LogP contribution in [-0.4, -0.2) is 47.2 Å². The van der Waals surface area contributed by atoms with Crippen LogP contribution in [0.2, 0.25) is 0 Å². The average Bonchev–Trinajstić information content (AvgIpc) is 3.27. The van der Waals surface area contributed by atoms with E-state index in [0.717, 1.165) is 50.9 Å². The van der Waals surface area contributed by atoms with Crippen molar-refractivity contribution < 1.29 is 32.3 Å². The van der Waals surface area contributed by atoms with Crippen molar-refractivity contribution in [3.05, 3.63) is 81.8 Å². The number of halogens is 4. The van der Waals surface area contributed by atoms with Gasteiger partial charge >= 0.3 is 12.1 Å². The molecule has 1 atom stereocenters. The molecule has 0 radical (unpaired) electrons. The standard InChI is InChI=1S/C26H29FN2OS.C2HF3O2/c1-2-19-10-12-20(13-11-19)16-29-14-6-5-7-22(17-29)28-26(30)25-15-21(18-31-25)23-8-3-4-9-24(23)27;3-2(4,5)1(6)7/h3-4,8-13,15,18,22H,2,5-7,14,16-17H2,1H3,(H,28,30);(H,6,7). The second-order valence-electron chi connectivity index (χ2n) is 9.05. The predicted octanol–water partition coefficient (Wildman–Crippen LogP) is 6.53. The lowest BCUT2D eigenvalue weighted by Crippen LogP contribution is -2.42. The molecule has 1 saturated heterocycles. The Bertz CT molecular complexity index is 1210. The number of hydrogen-bond acceptors (Lipinski definition) is 4. The van der Waals surface area contributed by atoms with Crippen LogP contribution in [0.25, 0.3) is 11.1 Å². The molecule has 0 bridgehead atoms. The van der Waals surface area contributed by atoms with E-state index in [0.29, 0.717) is 10.4 Å². The number of nitrogens with zero attached hydrogens (tertiary/aromatic N) is 1. The Morgan fingerprint density at radius 3 is 2.37 bits per heavy atom. The average molecular weight is 551 g/mol. The van der Waals surface area contributed by atoms with Gasteiger partial charge in [0.05, 0.1) is 4.88 Å². The quantitative estimate of drug-likeness (QED) is 0.342. The maximum atomic E-state index is 14.1. The van der Waals surface area contributed by atoms with Gasteiger partial charge < -0.3 is 10.4 Å². The number of carboxylic acid groups (broad SMARTS) is 1. The van der Waals surface area contributed by atoms with Crippen LogP contribution < -0.4 is 5.32 Å². The molecule has 1 amide bonds. The van der Waals surface area contributed by atoms with E-state index in [9.17, 15) is 22.4 Å². The Labute approximate surface area is 223 Å². The second-order valence-corrected chi connectivity index (χ2v) is 9.96. The SMILES string of the molecule is CCc1ccc(CN2CCCCC(NC(=O)c3cc(-c4ccccc4F)cs3)C2)cc1.O=C(O)C(F)(F)F. The molecule has 3 aromatic rings.